The molecular weight excluding hydrogens is 230 g/mol. The zero-order valence-corrected chi connectivity index (χ0v) is 11.3. The van der Waals surface area contributed by atoms with Crippen molar-refractivity contribution in [2.45, 2.75) is 39.7 Å². The van der Waals surface area contributed by atoms with Gasteiger partial charge < -0.3 is 10.0 Å². The SMILES string of the molecule is CCC(CC)N(CCO)c1nc(NN)ncc1C. The Morgan fingerprint density at radius 1 is 1.44 bits per heavy atom. The fraction of sp³-hybridized carbons (Fsp3) is 0.667. The van der Waals surface area contributed by atoms with Crippen LogP contribution in [0, 0.1) is 6.92 Å². The second kappa shape index (κ2) is 7.13. The van der Waals surface area contributed by atoms with Crippen molar-refractivity contribution in [1.29, 1.82) is 0 Å². The smallest absolute Gasteiger partial charge is 0.239 e. The highest BCUT2D eigenvalue weighted by molar-refractivity contribution is 5.49. The third kappa shape index (κ3) is 3.30. The molecule has 1 heterocycles. The van der Waals surface area contributed by atoms with E-state index in [-0.39, 0.29) is 6.61 Å². The Bertz CT molecular complexity index is 367. The largest absolute Gasteiger partial charge is 0.395 e. The molecule has 0 aliphatic heterocycles. The maximum Gasteiger partial charge on any atom is 0.239 e. The van der Waals surface area contributed by atoms with Crippen LogP contribution < -0.4 is 16.2 Å². The first-order valence-electron chi connectivity index (χ1n) is 6.35. The van der Waals surface area contributed by atoms with Gasteiger partial charge in [0.25, 0.3) is 0 Å². The third-order valence-electron chi connectivity index (χ3n) is 3.07. The van der Waals surface area contributed by atoms with Gasteiger partial charge in [0.1, 0.15) is 5.82 Å². The highest BCUT2D eigenvalue weighted by Crippen LogP contribution is 2.22. The summed E-state index contributed by atoms with van der Waals surface area (Å²) in [4.78, 5) is 10.6. The molecule has 0 aliphatic rings. The lowest BCUT2D eigenvalue weighted by molar-refractivity contribution is 0.295. The average molecular weight is 253 g/mol. The summed E-state index contributed by atoms with van der Waals surface area (Å²) in [5.41, 5.74) is 3.44. The van der Waals surface area contributed by atoms with E-state index < -0.39 is 0 Å². The molecule has 1 aromatic rings. The predicted molar refractivity (Wildman–Crippen MR) is 73.4 cm³/mol. The number of nitrogens with one attached hydrogen (secondary N) is 1. The molecule has 0 unspecified atom stereocenters. The van der Waals surface area contributed by atoms with E-state index in [1.54, 1.807) is 6.20 Å². The molecule has 0 amide bonds. The molecular formula is C12H23N5O. The standard InChI is InChI=1S/C12H23N5O/c1-4-10(5-2)17(6-7-18)11-9(3)8-14-12(15-11)16-13/h8,10,18H,4-7,13H2,1-3H3,(H,14,15,16). The molecule has 0 atom stereocenters. The van der Waals surface area contributed by atoms with E-state index in [1.165, 1.54) is 0 Å². The summed E-state index contributed by atoms with van der Waals surface area (Å²) in [7, 11) is 0. The molecule has 0 radical (unpaired) electrons. The summed E-state index contributed by atoms with van der Waals surface area (Å²) in [5, 5.41) is 9.23. The van der Waals surface area contributed by atoms with Crippen LogP contribution in [0.15, 0.2) is 6.20 Å². The van der Waals surface area contributed by atoms with Gasteiger partial charge in [0.2, 0.25) is 5.95 Å². The lowest BCUT2D eigenvalue weighted by Gasteiger charge is -2.32. The fourth-order valence-corrected chi connectivity index (χ4v) is 2.09. The van der Waals surface area contributed by atoms with Crippen LogP contribution in [0.1, 0.15) is 32.3 Å². The summed E-state index contributed by atoms with van der Waals surface area (Å²) in [5.74, 6) is 6.57. The van der Waals surface area contributed by atoms with Crippen molar-refractivity contribution in [3.63, 3.8) is 0 Å². The molecule has 0 aromatic carbocycles. The van der Waals surface area contributed by atoms with Gasteiger partial charge >= 0.3 is 0 Å². The van der Waals surface area contributed by atoms with Crippen LogP contribution in [0.25, 0.3) is 0 Å². The topological polar surface area (TPSA) is 87.3 Å². The summed E-state index contributed by atoms with van der Waals surface area (Å²) >= 11 is 0. The molecule has 0 aliphatic carbocycles. The second-order valence-electron chi connectivity index (χ2n) is 4.23. The Balaban J connectivity index is 3.10. The minimum absolute atomic E-state index is 0.103. The number of aryl methyl sites for hydroxylation is 1. The van der Waals surface area contributed by atoms with E-state index in [1.807, 2.05) is 6.92 Å². The Kier molecular flexibility index (Phi) is 5.80. The van der Waals surface area contributed by atoms with E-state index >= 15 is 0 Å². The molecule has 6 heteroatoms. The number of hydrogen-bond acceptors (Lipinski definition) is 6. The Morgan fingerprint density at radius 3 is 2.61 bits per heavy atom. The molecule has 0 fully saturated rings. The van der Waals surface area contributed by atoms with Crippen molar-refractivity contribution in [1.82, 2.24) is 9.97 Å². The lowest BCUT2D eigenvalue weighted by Crippen LogP contribution is -2.38. The van der Waals surface area contributed by atoms with Crippen molar-refractivity contribution >= 4 is 11.8 Å². The molecule has 1 rings (SSSR count). The average Bonchev–Trinajstić information content (AvgIpc) is 2.40. The summed E-state index contributed by atoms with van der Waals surface area (Å²) in [6, 6.07) is 0.358. The fourth-order valence-electron chi connectivity index (χ4n) is 2.09. The van der Waals surface area contributed by atoms with Gasteiger partial charge in [-0.1, -0.05) is 13.8 Å². The third-order valence-corrected chi connectivity index (χ3v) is 3.07. The van der Waals surface area contributed by atoms with Gasteiger partial charge in [-0.05, 0) is 19.8 Å². The molecule has 6 nitrogen and oxygen atoms in total. The van der Waals surface area contributed by atoms with Gasteiger partial charge in [0.05, 0.1) is 6.61 Å². The van der Waals surface area contributed by atoms with Crippen LogP contribution in [0.2, 0.25) is 0 Å². The van der Waals surface area contributed by atoms with Crippen molar-refractivity contribution in [3.05, 3.63) is 11.8 Å². The van der Waals surface area contributed by atoms with E-state index in [2.05, 4.69) is 34.1 Å². The molecule has 0 bridgehead atoms. The number of nitrogens with two attached hydrogens (primary N) is 1. The molecule has 0 spiro atoms. The van der Waals surface area contributed by atoms with Gasteiger partial charge in [0, 0.05) is 24.3 Å². The van der Waals surface area contributed by atoms with Crippen LogP contribution in [-0.2, 0) is 0 Å². The van der Waals surface area contributed by atoms with Crippen LogP contribution >= 0.6 is 0 Å². The number of anilines is 2. The van der Waals surface area contributed by atoms with Crippen LogP contribution in [0.4, 0.5) is 11.8 Å². The predicted octanol–water partition coefficient (Wildman–Crippen LogP) is 1.06. The number of aliphatic hydroxyl groups is 1. The number of hydrogen-bond donors (Lipinski definition) is 3. The first-order chi connectivity index (χ1) is 8.67. The number of aromatic nitrogens is 2. The summed E-state index contributed by atoms with van der Waals surface area (Å²) in [6.45, 7) is 6.90. The van der Waals surface area contributed by atoms with Crippen molar-refractivity contribution in [3.8, 4) is 0 Å². The summed E-state index contributed by atoms with van der Waals surface area (Å²) in [6.07, 6.45) is 3.75. The van der Waals surface area contributed by atoms with E-state index in [0.29, 0.717) is 18.5 Å². The minimum atomic E-state index is 0.103. The van der Waals surface area contributed by atoms with Crippen molar-refractivity contribution in [2.75, 3.05) is 23.5 Å². The lowest BCUT2D eigenvalue weighted by atomic mass is 10.1. The first kappa shape index (κ1) is 14.7. The number of aliphatic hydroxyl groups excluding tert-OH is 1. The monoisotopic (exact) mass is 253 g/mol. The zero-order chi connectivity index (χ0) is 13.5. The number of nitrogen functional groups attached to an aromatic ring is 1. The Labute approximate surface area is 108 Å². The van der Waals surface area contributed by atoms with Crippen LogP contribution in [0.3, 0.4) is 0 Å². The normalized spacial score (nSPS) is 10.8. The van der Waals surface area contributed by atoms with Crippen molar-refractivity contribution < 1.29 is 5.11 Å². The second-order valence-corrected chi connectivity index (χ2v) is 4.23. The van der Waals surface area contributed by atoms with Crippen LogP contribution in [-0.4, -0.2) is 34.3 Å². The maximum absolute atomic E-state index is 9.23. The van der Waals surface area contributed by atoms with Crippen LogP contribution in [0.5, 0.6) is 0 Å². The first-order valence-corrected chi connectivity index (χ1v) is 6.35. The summed E-state index contributed by atoms with van der Waals surface area (Å²) < 4.78 is 0. The maximum atomic E-state index is 9.23. The zero-order valence-electron chi connectivity index (χ0n) is 11.3. The van der Waals surface area contributed by atoms with Gasteiger partial charge in [-0.15, -0.1) is 0 Å². The van der Waals surface area contributed by atoms with Gasteiger partial charge in [-0.2, -0.15) is 4.98 Å². The van der Waals surface area contributed by atoms with Gasteiger partial charge in [-0.25, -0.2) is 10.8 Å². The molecule has 102 valence electrons. The molecule has 0 saturated heterocycles. The molecule has 1 aromatic heterocycles. The minimum Gasteiger partial charge on any atom is -0.395 e. The van der Waals surface area contributed by atoms with E-state index in [0.717, 1.165) is 24.2 Å². The number of hydrazine groups is 1. The highest BCUT2D eigenvalue weighted by atomic mass is 16.3. The highest BCUT2D eigenvalue weighted by Gasteiger charge is 2.19. The van der Waals surface area contributed by atoms with Gasteiger partial charge in [-0.3, -0.25) is 5.43 Å². The molecule has 0 saturated carbocycles. The van der Waals surface area contributed by atoms with E-state index in [9.17, 15) is 5.11 Å². The van der Waals surface area contributed by atoms with Crippen molar-refractivity contribution in [2.24, 2.45) is 5.84 Å². The number of rotatable bonds is 7. The number of nitrogens with zero attached hydrogens (tertiary/aromatic N) is 3. The van der Waals surface area contributed by atoms with Gasteiger partial charge in [0.15, 0.2) is 0 Å². The Morgan fingerprint density at radius 2 is 2.11 bits per heavy atom. The quantitative estimate of drug-likeness (QED) is 0.497. The van der Waals surface area contributed by atoms with E-state index in [4.69, 9.17) is 5.84 Å². The Hall–Kier alpha value is -1.40. The molecule has 18 heavy (non-hydrogen) atoms. The molecule has 4 N–H and O–H groups in total.